The summed E-state index contributed by atoms with van der Waals surface area (Å²) < 4.78 is 11.3. The highest BCUT2D eigenvalue weighted by Crippen LogP contribution is 2.39. The Hall–Kier alpha value is -2.99. The number of amides is 1. The molecule has 8 heteroatoms. The Kier molecular flexibility index (Phi) is 6.42. The topological polar surface area (TPSA) is 104 Å². The second kappa shape index (κ2) is 9.25. The minimum Gasteiger partial charge on any atom is -0.399 e. The van der Waals surface area contributed by atoms with E-state index in [1.807, 2.05) is 31.2 Å². The van der Waals surface area contributed by atoms with Crippen molar-refractivity contribution in [2.24, 2.45) is 11.1 Å². The highest BCUT2D eigenvalue weighted by molar-refractivity contribution is 6.00. The van der Waals surface area contributed by atoms with Crippen LogP contribution in [0.25, 0.3) is 5.57 Å². The van der Waals surface area contributed by atoms with Crippen LogP contribution in [0.3, 0.4) is 0 Å². The van der Waals surface area contributed by atoms with Crippen LogP contribution in [0.5, 0.6) is 0 Å². The lowest BCUT2D eigenvalue weighted by Gasteiger charge is -2.39. The number of hydrogen-bond acceptors (Lipinski definition) is 7. The molecule has 168 valence electrons. The molecular weight excluding hydrogens is 410 g/mol. The highest BCUT2D eigenvalue weighted by atomic mass is 16.6. The lowest BCUT2D eigenvalue weighted by atomic mass is 9.77. The van der Waals surface area contributed by atoms with Gasteiger partial charge in [-0.2, -0.15) is 5.26 Å². The van der Waals surface area contributed by atoms with Crippen molar-refractivity contribution >= 4 is 17.2 Å². The molecule has 2 fully saturated rings. The molecular formula is C24H27N3O5. The summed E-state index contributed by atoms with van der Waals surface area (Å²) in [5.74, 6) is -0.355. The van der Waals surface area contributed by atoms with Gasteiger partial charge in [0.25, 0.3) is 5.91 Å². The van der Waals surface area contributed by atoms with Crippen LogP contribution in [0, 0.1) is 17.2 Å². The molecule has 0 saturated carbocycles. The molecule has 1 N–H and O–H groups in total. The number of carbonyl (C=O) groups is 1. The molecule has 2 unspecified atom stereocenters. The molecule has 1 amide bonds. The fourth-order valence-electron chi connectivity index (χ4n) is 4.36. The zero-order valence-corrected chi connectivity index (χ0v) is 18.2. The van der Waals surface area contributed by atoms with Crippen molar-refractivity contribution in [1.29, 1.82) is 5.26 Å². The largest absolute Gasteiger partial charge is 0.399 e. The van der Waals surface area contributed by atoms with Gasteiger partial charge in [0.15, 0.2) is 5.60 Å². The van der Waals surface area contributed by atoms with Crippen LogP contribution in [0.1, 0.15) is 29.3 Å². The van der Waals surface area contributed by atoms with Gasteiger partial charge in [-0.3, -0.25) is 4.79 Å². The third-order valence-electron chi connectivity index (χ3n) is 6.30. The zero-order valence-electron chi connectivity index (χ0n) is 18.2. The number of rotatable bonds is 6. The van der Waals surface area contributed by atoms with Crippen molar-refractivity contribution in [3.63, 3.8) is 0 Å². The van der Waals surface area contributed by atoms with Crippen LogP contribution in [-0.4, -0.2) is 72.8 Å². The van der Waals surface area contributed by atoms with Crippen molar-refractivity contribution in [2.45, 2.75) is 31.1 Å². The summed E-state index contributed by atoms with van der Waals surface area (Å²) in [7, 11) is 1.46. The highest BCUT2D eigenvalue weighted by Gasteiger charge is 2.42. The van der Waals surface area contributed by atoms with E-state index in [4.69, 9.17) is 14.3 Å². The van der Waals surface area contributed by atoms with E-state index in [2.05, 4.69) is 11.2 Å². The van der Waals surface area contributed by atoms with E-state index in [0.717, 1.165) is 16.8 Å². The van der Waals surface area contributed by atoms with Gasteiger partial charge in [0, 0.05) is 17.9 Å². The second-order valence-corrected chi connectivity index (χ2v) is 8.28. The molecule has 0 radical (unpaired) electrons. The molecule has 3 aliphatic rings. The lowest BCUT2D eigenvalue weighted by molar-refractivity contribution is -0.169. The van der Waals surface area contributed by atoms with Crippen molar-refractivity contribution in [3.8, 4) is 6.07 Å². The Bertz CT molecular complexity index is 990. The molecule has 2 aliphatic heterocycles. The van der Waals surface area contributed by atoms with Gasteiger partial charge in [-0.25, -0.2) is 0 Å². The smallest absolute Gasteiger partial charge is 0.254 e. The van der Waals surface area contributed by atoms with Crippen molar-refractivity contribution in [2.75, 3.05) is 33.5 Å². The molecule has 1 aromatic carbocycles. The number of carbonyl (C=O) groups excluding carboxylic acids is 1. The Morgan fingerprint density at radius 1 is 1.38 bits per heavy atom. The van der Waals surface area contributed by atoms with Crippen LogP contribution >= 0.6 is 0 Å². The first-order valence-electron chi connectivity index (χ1n) is 10.7. The number of hydrogen-bond donors (Lipinski definition) is 1. The summed E-state index contributed by atoms with van der Waals surface area (Å²) in [5, 5.41) is 23.5. The van der Waals surface area contributed by atoms with E-state index in [-0.39, 0.29) is 30.6 Å². The summed E-state index contributed by atoms with van der Waals surface area (Å²) in [5.41, 5.74) is 2.10. The molecule has 2 heterocycles. The van der Waals surface area contributed by atoms with Crippen LogP contribution in [0.15, 0.2) is 47.6 Å². The third kappa shape index (κ3) is 4.07. The summed E-state index contributed by atoms with van der Waals surface area (Å²) >= 11 is 0. The van der Waals surface area contributed by atoms with E-state index in [9.17, 15) is 15.2 Å². The molecule has 1 aromatic rings. The molecule has 3 atom stereocenters. The fraction of sp³-hybridized carbons (Fsp3) is 0.458. The maximum Gasteiger partial charge on any atom is 0.254 e. The predicted octanol–water partition coefficient (Wildman–Crippen LogP) is 2.16. The normalized spacial score (nSPS) is 28.9. The first-order valence-corrected chi connectivity index (χ1v) is 10.7. The lowest BCUT2D eigenvalue weighted by Crippen LogP contribution is -2.48. The Balaban J connectivity index is 1.51. The monoisotopic (exact) mass is 437 g/mol. The first kappa shape index (κ1) is 22.2. The molecule has 0 aromatic heterocycles. The number of benzene rings is 1. The van der Waals surface area contributed by atoms with E-state index >= 15 is 0 Å². The number of ether oxygens (including phenoxy) is 2. The second-order valence-electron chi connectivity index (χ2n) is 8.28. The molecule has 32 heavy (non-hydrogen) atoms. The number of oxime groups is 1. The molecule has 0 spiro atoms. The number of allylic oxidation sites excluding steroid dienone is 2. The van der Waals surface area contributed by atoms with Gasteiger partial charge in [0.1, 0.15) is 19.3 Å². The SMILES string of the molecule is CO/N=C1\CC(CO)N(C(=O)c2ccc(C3=CC=CC(C#N)(OC4COC4)[C@H]3C)cc2)C1. The summed E-state index contributed by atoms with van der Waals surface area (Å²) in [6, 6.07) is 9.36. The van der Waals surface area contributed by atoms with Crippen LogP contribution < -0.4 is 0 Å². The predicted molar refractivity (Wildman–Crippen MR) is 118 cm³/mol. The third-order valence-corrected chi connectivity index (χ3v) is 6.30. The van der Waals surface area contributed by atoms with Gasteiger partial charge in [0.2, 0.25) is 0 Å². The number of aliphatic hydroxyl groups excluding tert-OH is 1. The van der Waals surface area contributed by atoms with Gasteiger partial charge in [-0.15, -0.1) is 0 Å². The minimum atomic E-state index is -1.05. The Labute approximate surface area is 187 Å². The van der Waals surface area contributed by atoms with Gasteiger partial charge in [-0.1, -0.05) is 36.4 Å². The van der Waals surface area contributed by atoms with Crippen LogP contribution in [0.2, 0.25) is 0 Å². The van der Waals surface area contributed by atoms with E-state index in [1.165, 1.54) is 7.11 Å². The van der Waals surface area contributed by atoms with Gasteiger partial charge < -0.3 is 24.3 Å². The average molecular weight is 437 g/mol. The summed E-state index contributed by atoms with van der Waals surface area (Å²) in [4.78, 5) is 19.5. The van der Waals surface area contributed by atoms with Crippen molar-refractivity contribution in [1.82, 2.24) is 4.90 Å². The Morgan fingerprint density at radius 2 is 2.12 bits per heavy atom. The fourth-order valence-corrected chi connectivity index (χ4v) is 4.36. The summed E-state index contributed by atoms with van der Waals surface area (Å²) in [6.07, 6.45) is 6.05. The minimum absolute atomic E-state index is 0.0763. The maximum atomic E-state index is 13.0. The molecule has 2 saturated heterocycles. The standard InChI is InChI=1S/C24H27N3O5/c1-16-22(4-3-9-24(16,15-25)32-21-13-31-14-21)17-5-7-18(8-6-17)23(29)27-11-19(26-30-2)10-20(27)12-28/h3-9,16,20-21,28H,10-14H2,1-2H3/b26-19+/t16-,20?,24?/m0/s1. The number of aliphatic hydroxyl groups is 1. The van der Waals surface area contributed by atoms with Crippen LogP contribution in [0.4, 0.5) is 0 Å². The molecule has 4 rings (SSSR count). The molecule has 1 aliphatic carbocycles. The van der Waals surface area contributed by atoms with Gasteiger partial charge in [0.05, 0.1) is 38.1 Å². The van der Waals surface area contributed by atoms with Gasteiger partial charge >= 0.3 is 0 Å². The first-order chi connectivity index (χ1) is 15.5. The van der Waals surface area contributed by atoms with Crippen molar-refractivity contribution < 1.29 is 24.2 Å². The maximum absolute atomic E-state index is 13.0. The number of nitriles is 1. The van der Waals surface area contributed by atoms with E-state index < -0.39 is 5.60 Å². The molecule has 0 bridgehead atoms. The Morgan fingerprint density at radius 3 is 2.72 bits per heavy atom. The van der Waals surface area contributed by atoms with Crippen molar-refractivity contribution in [3.05, 3.63) is 53.6 Å². The van der Waals surface area contributed by atoms with Gasteiger partial charge in [-0.05, 0) is 29.3 Å². The quantitative estimate of drug-likeness (QED) is 0.684. The molecule has 8 nitrogen and oxygen atoms in total. The number of nitrogens with zero attached hydrogens (tertiary/aromatic N) is 3. The zero-order chi connectivity index (χ0) is 22.7. The van der Waals surface area contributed by atoms with E-state index in [1.54, 1.807) is 23.1 Å². The average Bonchev–Trinajstić information content (AvgIpc) is 3.20. The summed E-state index contributed by atoms with van der Waals surface area (Å²) in [6.45, 7) is 3.18. The van der Waals surface area contributed by atoms with Crippen LogP contribution in [-0.2, 0) is 14.3 Å². The van der Waals surface area contributed by atoms with E-state index in [0.29, 0.717) is 31.7 Å². The number of likely N-dealkylation sites (tertiary alicyclic amines) is 1.